The van der Waals surface area contributed by atoms with Gasteiger partial charge in [0.2, 0.25) is 0 Å². The molecule has 1 aliphatic heterocycles. The highest BCUT2D eigenvalue weighted by atomic mass is 16.5. The Hall–Kier alpha value is -3.00. The van der Waals surface area contributed by atoms with Gasteiger partial charge in [0.25, 0.3) is 5.91 Å². The Balaban J connectivity index is 1.91. The molecule has 1 saturated heterocycles. The number of aromatic amines is 1. The number of H-pyrrole nitrogens is 1. The average molecular weight is 339 g/mol. The number of nitrogens with two attached hydrogens (primary N) is 1. The molecule has 0 aliphatic carbocycles. The summed E-state index contributed by atoms with van der Waals surface area (Å²) in [6.45, 7) is 1.07. The van der Waals surface area contributed by atoms with E-state index in [4.69, 9.17) is 10.5 Å². The van der Waals surface area contributed by atoms with Crippen LogP contribution >= 0.6 is 0 Å². The lowest BCUT2D eigenvalue weighted by molar-refractivity contribution is 0.0970. The largest absolute Gasteiger partial charge is 0.376 e. The van der Waals surface area contributed by atoms with E-state index in [2.05, 4.69) is 15.0 Å². The van der Waals surface area contributed by atoms with Crippen LogP contribution in [-0.4, -0.2) is 38.1 Å². The lowest BCUT2D eigenvalue weighted by atomic mass is 10.2. The standard InChI is InChI=1S/C17H17N5O3/c18-14(23)12-13-16(21-15(19-12)10-5-2-1-3-6-10)22(17(24)20-13)9-11-7-4-8-25-11/h1-3,5-6,11H,4,7-9H2,(H2,18,23)(H,20,24). The van der Waals surface area contributed by atoms with Gasteiger partial charge in [-0.05, 0) is 12.8 Å². The van der Waals surface area contributed by atoms with Gasteiger partial charge in [-0.2, -0.15) is 0 Å². The Labute approximate surface area is 142 Å². The Morgan fingerprint density at radius 2 is 2.12 bits per heavy atom. The summed E-state index contributed by atoms with van der Waals surface area (Å²) in [7, 11) is 0. The molecule has 1 aliphatic rings. The highest BCUT2D eigenvalue weighted by Gasteiger charge is 2.23. The summed E-state index contributed by atoms with van der Waals surface area (Å²) in [5, 5.41) is 0. The molecule has 3 N–H and O–H groups in total. The first-order chi connectivity index (χ1) is 12.1. The number of fused-ring (bicyclic) bond motifs is 1. The van der Waals surface area contributed by atoms with Crippen molar-refractivity contribution in [2.45, 2.75) is 25.5 Å². The third-order valence-corrected chi connectivity index (χ3v) is 4.30. The summed E-state index contributed by atoms with van der Waals surface area (Å²) < 4.78 is 7.11. The van der Waals surface area contributed by atoms with Gasteiger partial charge in [-0.15, -0.1) is 0 Å². The fourth-order valence-electron chi connectivity index (χ4n) is 3.09. The number of hydrogen-bond donors (Lipinski definition) is 2. The maximum Gasteiger partial charge on any atom is 0.327 e. The van der Waals surface area contributed by atoms with Crippen LogP contribution < -0.4 is 11.4 Å². The normalized spacial score (nSPS) is 17.2. The molecule has 8 heteroatoms. The zero-order valence-corrected chi connectivity index (χ0v) is 13.4. The highest BCUT2D eigenvalue weighted by molar-refractivity contribution is 6.01. The molecule has 128 valence electrons. The second-order valence-electron chi connectivity index (χ2n) is 6.00. The molecule has 1 unspecified atom stereocenters. The van der Waals surface area contributed by atoms with Gasteiger partial charge in [0, 0.05) is 12.2 Å². The molecule has 1 atom stereocenters. The van der Waals surface area contributed by atoms with Crippen LogP contribution in [0.5, 0.6) is 0 Å². The molecule has 0 saturated carbocycles. The van der Waals surface area contributed by atoms with Crippen LogP contribution in [-0.2, 0) is 11.3 Å². The van der Waals surface area contributed by atoms with E-state index in [1.807, 2.05) is 30.3 Å². The fraction of sp³-hybridized carbons (Fsp3) is 0.294. The van der Waals surface area contributed by atoms with Crippen molar-refractivity contribution in [3.8, 4) is 11.4 Å². The van der Waals surface area contributed by atoms with Crippen molar-refractivity contribution in [2.75, 3.05) is 6.61 Å². The second-order valence-corrected chi connectivity index (χ2v) is 6.00. The van der Waals surface area contributed by atoms with E-state index in [0.29, 0.717) is 24.6 Å². The van der Waals surface area contributed by atoms with Gasteiger partial charge < -0.3 is 15.5 Å². The molecule has 8 nitrogen and oxygen atoms in total. The number of carbonyl (C=O) groups excluding carboxylic acids is 1. The number of aromatic nitrogens is 4. The maximum absolute atomic E-state index is 12.4. The SMILES string of the molecule is NC(=O)c1nc(-c2ccccc2)nc2c1[nH]c(=O)n2CC1CCCO1. The van der Waals surface area contributed by atoms with E-state index in [1.165, 1.54) is 4.57 Å². The molecule has 0 spiro atoms. The molecular weight excluding hydrogens is 322 g/mol. The van der Waals surface area contributed by atoms with Crippen LogP contribution in [0.25, 0.3) is 22.6 Å². The van der Waals surface area contributed by atoms with Crippen molar-refractivity contribution in [3.05, 3.63) is 46.5 Å². The van der Waals surface area contributed by atoms with Crippen LogP contribution in [0.3, 0.4) is 0 Å². The minimum atomic E-state index is -0.713. The lowest BCUT2D eigenvalue weighted by Crippen LogP contribution is -2.24. The number of carbonyl (C=O) groups is 1. The maximum atomic E-state index is 12.4. The van der Waals surface area contributed by atoms with Crippen molar-refractivity contribution in [1.29, 1.82) is 0 Å². The summed E-state index contributed by atoms with van der Waals surface area (Å²) in [4.78, 5) is 35.6. The van der Waals surface area contributed by atoms with Crippen molar-refractivity contribution in [1.82, 2.24) is 19.5 Å². The molecule has 4 rings (SSSR count). The van der Waals surface area contributed by atoms with Crippen molar-refractivity contribution in [2.24, 2.45) is 5.73 Å². The summed E-state index contributed by atoms with van der Waals surface area (Å²) in [6, 6.07) is 9.25. The predicted molar refractivity (Wildman–Crippen MR) is 91.1 cm³/mol. The van der Waals surface area contributed by atoms with Gasteiger partial charge in [-0.25, -0.2) is 14.8 Å². The molecule has 1 aromatic carbocycles. The number of benzene rings is 1. The molecule has 2 aromatic heterocycles. The van der Waals surface area contributed by atoms with Gasteiger partial charge in [0.15, 0.2) is 17.2 Å². The first-order valence-corrected chi connectivity index (χ1v) is 8.11. The van der Waals surface area contributed by atoms with E-state index in [-0.39, 0.29) is 23.0 Å². The number of hydrogen-bond acceptors (Lipinski definition) is 5. The predicted octanol–water partition coefficient (Wildman–Crippen LogP) is 1.06. The van der Waals surface area contributed by atoms with Crippen LogP contribution in [0, 0.1) is 0 Å². The van der Waals surface area contributed by atoms with Gasteiger partial charge in [0.05, 0.1) is 12.6 Å². The Kier molecular flexibility index (Phi) is 3.81. The second kappa shape index (κ2) is 6.14. The van der Waals surface area contributed by atoms with Crippen molar-refractivity contribution in [3.63, 3.8) is 0 Å². The number of primary amides is 1. The summed E-state index contributed by atoms with van der Waals surface area (Å²) in [5.41, 5.74) is 6.48. The molecule has 0 radical (unpaired) electrons. The summed E-state index contributed by atoms with van der Waals surface area (Å²) in [6.07, 6.45) is 1.82. The third-order valence-electron chi connectivity index (χ3n) is 4.30. The van der Waals surface area contributed by atoms with Crippen LogP contribution in [0.15, 0.2) is 35.1 Å². The lowest BCUT2D eigenvalue weighted by Gasteiger charge is -2.10. The molecule has 25 heavy (non-hydrogen) atoms. The smallest absolute Gasteiger partial charge is 0.327 e. The Morgan fingerprint density at radius 1 is 1.32 bits per heavy atom. The van der Waals surface area contributed by atoms with E-state index in [9.17, 15) is 9.59 Å². The van der Waals surface area contributed by atoms with E-state index in [0.717, 1.165) is 18.4 Å². The number of rotatable bonds is 4. The molecule has 3 heterocycles. The monoisotopic (exact) mass is 339 g/mol. The molecule has 1 amide bonds. The van der Waals surface area contributed by atoms with Crippen molar-refractivity contribution < 1.29 is 9.53 Å². The van der Waals surface area contributed by atoms with Crippen LogP contribution in [0.1, 0.15) is 23.3 Å². The first kappa shape index (κ1) is 15.5. The van der Waals surface area contributed by atoms with Gasteiger partial charge >= 0.3 is 5.69 Å². The van der Waals surface area contributed by atoms with E-state index < -0.39 is 5.91 Å². The van der Waals surface area contributed by atoms with E-state index >= 15 is 0 Å². The van der Waals surface area contributed by atoms with Crippen LogP contribution in [0.2, 0.25) is 0 Å². The molecule has 0 bridgehead atoms. The van der Waals surface area contributed by atoms with Gasteiger partial charge in [-0.1, -0.05) is 30.3 Å². The fourth-order valence-corrected chi connectivity index (χ4v) is 3.09. The minimum absolute atomic E-state index is 0.00652. The minimum Gasteiger partial charge on any atom is -0.376 e. The number of nitrogens with zero attached hydrogens (tertiary/aromatic N) is 3. The topological polar surface area (TPSA) is 116 Å². The van der Waals surface area contributed by atoms with E-state index in [1.54, 1.807) is 0 Å². The third kappa shape index (κ3) is 2.80. The number of imidazole rings is 1. The number of amides is 1. The average Bonchev–Trinajstić information content (AvgIpc) is 3.23. The van der Waals surface area contributed by atoms with Crippen LogP contribution in [0.4, 0.5) is 0 Å². The number of nitrogens with one attached hydrogen (secondary N) is 1. The Morgan fingerprint density at radius 3 is 2.80 bits per heavy atom. The van der Waals surface area contributed by atoms with Crippen molar-refractivity contribution >= 4 is 17.1 Å². The molecule has 3 aromatic rings. The van der Waals surface area contributed by atoms with Gasteiger partial charge in [-0.3, -0.25) is 9.36 Å². The number of ether oxygens (including phenoxy) is 1. The molecular formula is C17H17N5O3. The highest BCUT2D eigenvalue weighted by Crippen LogP contribution is 2.21. The summed E-state index contributed by atoms with van der Waals surface area (Å²) in [5.74, 6) is -0.364. The summed E-state index contributed by atoms with van der Waals surface area (Å²) >= 11 is 0. The Bertz CT molecular complexity index is 987. The zero-order chi connectivity index (χ0) is 17.4. The first-order valence-electron chi connectivity index (χ1n) is 8.11. The quantitative estimate of drug-likeness (QED) is 0.737. The molecule has 1 fully saturated rings. The van der Waals surface area contributed by atoms with Gasteiger partial charge in [0.1, 0.15) is 5.52 Å². The zero-order valence-electron chi connectivity index (χ0n) is 13.4.